The van der Waals surface area contributed by atoms with Gasteiger partial charge < -0.3 is 5.32 Å². The minimum absolute atomic E-state index is 0.0230. The number of hydrogen-bond acceptors (Lipinski definition) is 3. The van der Waals surface area contributed by atoms with E-state index in [1.165, 1.54) is 18.2 Å². The van der Waals surface area contributed by atoms with Crippen LogP contribution in [0.15, 0.2) is 71.6 Å². The molecule has 9 heteroatoms. The topological polar surface area (TPSA) is 66.5 Å². The van der Waals surface area contributed by atoms with Crippen LogP contribution in [-0.2, 0) is 14.8 Å². The van der Waals surface area contributed by atoms with Crippen molar-refractivity contribution >= 4 is 38.9 Å². The summed E-state index contributed by atoms with van der Waals surface area (Å²) in [5.41, 5.74) is 0.516. The summed E-state index contributed by atoms with van der Waals surface area (Å²) < 4.78 is 54.4. The van der Waals surface area contributed by atoms with Gasteiger partial charge in [0.15, 0.2) is 0 Å². The molecule has 0 aliphatic carbocycles. The fraction of sp³-hybridized carbons (Fsp3) is 0.0952. The molecule has 0 radical (unpaired) electrons. The number of sulfonamides is 1. The van der Waals surface area contributed by atoms with E-state index in [0.717, 1.165) is 16.4 Å². The van der Waals surface area contributed by atoms with Gasteiger partial charge in [-0.3, -0.25) is 9.10 Å². The van der Waals surface area contributed by atoms with Crippen molar-refractivity contribution in [2.75, 3.05) is 16.2 Å². The molecule has 3 rings (SSSR count). The summed E-state index contributed by atoms with van der Waals surface area (Å²) in [4.78, 5) is 12.6. The van der Waals surface area contributed by atoms with E-state index in [9.17, 15) is 22.0 Å². The number of benzene rings is 3. The SMILES string of the molecule is Cc1ccc(Cl)cc1N(CC(=O)Nc1ccc(F)cc1F)S(=O)(=O)c1ccccc1. The van der Waals surface area contributed by atoms with Crippen molar-refractivity contribution in [3.05, 3.63) is 89.0 Å². The van der Waals surface area contributed by atoms with E-state index in [1.54, 1.807) is 37.3 Å². The van der Waals surface area contributed by atoms with Crippen molar-refractivity contribution in [2.24, 2.45) is 0 Å². The molecule has 0 heterocycles. The molecule has 156 valence electrons. The number of halogens is 3. The zero-order valence-electron chi connectivity index (χ0n) is 15.8. The fourth-order valence-electron chi connectivity index (χ4n) is 2.78. The van der Waals surface area contributed by atoms with Gasteiger partial charge >= 0.3 is 0 Å². The standard InChI is InChI=1S/C21H17ClF2N2O3S/c1-14-7-8-15(22)11-20(14)26(30(28,29)17-5-3-2-4-6-17)13-21(27)25-19-10-9-16(23)12-18(19)24/h2-12H,13H2,1H3,(H,25,27). The van der Waals surface area contributed by atoms with Crippen LogP contribution in [0.2, 0.25) is 5.02 Å². The van der Waals surface area contributed by atoms with Gasteiger partial charge in [-0.05, 0) is 48.9 Å². The highest BCUT2D eigenvalue weighted by molar-refractivity contribution is 7.92. The third-order valence-corrected chi connectivity index (χ3v) is 6.27. The molecule has 0 spiro atoms. The Morgan fingerprint density at radius 2 is 1.73 bits per heavy atom. The van der Waals surface area contributed by atoms with Crippen molar-refractivity contribution < 1.29 is 22.0 Å². The van der Waals surface area contributed by atoms with Crippen LogP contribution in [-0.4, -0.2) is 20.9 Å². The largest absolute Gasteiger partial charge is 0.322 e. The molecule has 3 aromatic carbocycles. The van der Waals surface area contributed by atoms with Gasteiger partial charge in [-0.2, -0.15) is 0 Å². The van der Waals surface area contributed by atoms with Gasteiger partial charge in [0.1, 0.15) is 18.2 Å². The molecule has 0 unspecified atom stereocenters. The first kappa shape index (κ1) is 21.7. The number of nitrogens with zero attached hydrogens (tertiary/aromatic N) is 1. The molecule has 0 saturated heterocycles. The molecule has 5 nitrogen and oxygen atoms in total. The molecule has 30 heavy (non-hydrogen) atoms. The number of hydrogen-bond donors (Lipinski definition) is 1. The molecule has 0 aromatic heterocycles. The van der Waals surface area contributed by atoms with Crippen LogP contribution in [0.3, 0.4) is 0 Å². The van der Waals surface area contributed by atoms with Crippen LogP contribution in [0.1, 0.15) is 5.56 Å². The number of carbonyl (C=O) groups excluding carboxylic acids is 1. The van der Waals surface area contributed by atoms with Crippen molar-refractivity contribution in [3.8, 4) is 0 Å². The minimum atomic E-state index is -4.14. The minimum Gasteiger partial charge on any atom is -0.322 e. The van der Waals surface area contributed by atoms with Crippen LogP contribution in [0.5, 0.6) is 0 Å². The van der Waals surface area contributed by atoms with Gasteiger partial charge in [0.2, 0.25) is 5.91 Å². The van der Waals surface area contributed by atoms with Gasteiger partial charge in [0.05, 0.1) is 16.3 Å². The quantitative estimate of drug-likeness (QED) is 0.588. The van der Waals surface area contributed by atoms with E-state index in [2.05, 4.69) is 5.32 Å². The van der Waals surface area contributed by atoms with Crippen molar-refractivity contribution in [3.63, 3.8) is 0 Å². The van der Waals surface area contributed by atoms with Gasteiger partial charge in [-0.25, -0.2) is 17.2 Å². The average molecular weight is 451 g/mol. The predicted octanol–water partition coefficient (Wildman–Crippen LogP) is 4.76. The van der Waals surface area contributed by atoms with Crippen LogP contribution < -0.4 is 9.62 Å². The molecule has 0 bridgehead atoms. The van der Waals surface area contributed by atoms with Crippen LogP contribution in [0, 0.1) is 18.6 Å². The Kier molecular flexibility index (Phi) is 6.38. The van der Waals surface area contributed by atoms with E-state index in [1.807, 2.05) is 0 Å². The molecule has 0 atom stereocenters. The molecule has 1 amide bonds. The van der Waals surface area contributed by atoms with E-state index in [4.69, 9.17) is 11.6 Å². The highest BCUT2D eigenvalue weighted by Gasteiger charge is 2.28. The Hall–Kier alpha value is -2.97. The normalized spacial score (nSPS) is 11.2. The average Bonchev–Trinajstić information content (AvgIpc) is 2.71. The fourth-order valence-corrected chi connectivity index (χ4v) is 4.45. The van der Waals surface area contributed by atoms with Gasteiger partial charge in [0, 0.05) is 11.1 Å². The number of carbonyl (C=O) groups is 1. The monoisotopic (exact) mass is 450 g/mol. The van der Waals surface area contributed by atoms with Gasteiger partial charge in [-0.1, -0.05) is 35.9 Å². The smallest absolute Gasteiger partial charge is 0.264 e. The highest BCUT2D eigenvalue weighted by atomic mass is 35.5. The summed E-state index contributed by atoms with van der Waals surface area (Å²) in [5, 5.41) is 2.56. The molecular formula is C21H17ClF2N2O3S. The second-order valence-electron chi connectivity index (χ2n) is 6.43. The lowest BCUT2D eigenvalue weighted by Crippen LogP contribution is -2.38. The molecule has 0 saturated carbocycles. The molecule has 3 aromatic rings. The Bertz CT molecular complexity index is 1190. The molecule has 1 N–H and O–H groups in total. The number of rotatable bonds is 6. The van der Waals surface area contributed by atoms with Gasteiger partial charge in [-0.15, -0.1) is 0 Å². The summed E-state index contributed by atoms with van der Waals surface area (Å²) in [6.07, 6.45) is 0. The maximum atomic E-state index is 13.9. The lowest BCUT2D eigenvalue weighted by atomic mass is 10.2. The third kappa shape index (κ3) is 4.77. The van der Waals surface area contributed by atoms with Gasteiger partial charge in [0.25, 0.3) is 10.0 Å². The molecule has 0 aliphatic heterocycles. The Morgan fingerprint density at radius 3 is 2.40 bits per heavy atom. The number of amides is 1. The van der Waals surface area contributed by atoms with E-state index in [-0.39, 0.29) is 21.3 Å². The van der Waals surface area contributed by atoms with E-state index >= 15 is 0 Å². The Morgan fingerprint density at radius 1 is 1.03 bits per heavy atom. The van der Waals surface area contributed by atoms with Crippen LogP contribution in [0.25, 0.3) is 0 Å². The summed E-state index contributed by atoms with van der Waals surface area (Å²) in [7, 11) is -4.14. The summed E-state index contributed by atoms with van der Waals surface area (Å²) >= 11 is 6.05. The maximum Gasteiger partial charge on any atom is 0.264 e. The summed E-state index contributed by atoms with van der Waals surface area (Å²) in [6.45, 7) is 1.03. The van der Waals surface area contributed by atoms with Crippen molar-refractivity contribution in [1.29, 1.82) is 0 Å². The van der Waals surface area contributed by atoms with Crippen molar-refractivity contribution in [2.45, 2.75) is 11.8 Å². The zero-order valence-corrected chi connectivity index (χ0v) is 17.3. The second-order valence-corrected chi connectivity index (χ2v) is 8.73. The second kappa shape index (κ2) is 8.81. The summed E-state index contributed by atoms with van der Waals surface area (Å²) in [5.74, 6) is -2.58. The third-order valence-electron chi connectivity index (χ3n) is 4.26. The summed E-state index contributed by atoms with van der Waals surface area (Å²) in [6, 6.07) is 14.9. The number of aryl methyl sites for hydroxylation is 1. The zero-order chi connectivity index (χ0) is 21.9. The molecule has 0 aliphatic rings. The van der Waals surface area contributed by atoms with E-state index < -0.39 is 34.1 Å². The highest BCUT2D eigenvalue weighted by Crippen LogP contribution is 2.29. The lowest BCUT2D eigenvalue weighted by molar-refractivity contribution is -0.114. The lowest BCUT2D eigenvalue weighted by Gasteiger charge is -2.26. The Balaban J connectivity index is 1.99. The first-order chi connectivity index (χ1) is 14.2. The van der Waals surface area contributed by atoms with Crippen LogP contribution in [0.4, 0.5) is 20.2 Å². The molecular weight excluding hydrogens is 434 g/mol. The first-order valence-corrected chi connectivity index (χ1v) is 10.6. The first-order valence-electron chi connectivity index (χ1n) is 8.77. The Labute approximate surface area is 178 Å². The van der Waals surface area contributed by atoms with Crippen molar-refractivity contribution in [1.82, 2.24) is 0 Å². The number of nitrogens with one attached hydrogen (secondary N) is 1. The van der Waals surface area contributed by atoms with Crippen LogP contribution >= 0.6 is 11.6 Å². The number of anilines is 2. The molecule has 0 fully saturated rings. The van der Waals surface area contributed by atoms with E-state index in [0.29, 0.717) is 11.6 Å². The predicted molar refractivity (Wildman–Crippen MR) is 112 cm³/mol. The maximum absolute atomic E-state index is 13.9.